The molecule has 1 aromatic carbocycles. The third kappa shape index (κ3) is 4.11. The molecule has 21 heavy (non-hydrogen) atoms. The van der Waals surface area contributed by atoms with Crippen LogP contribution in [0.5, 0.6) is 11.5 Å². The molecule has 2 aliphatic rings. The number of halogens is 1. The van der Waals surface area contributed by atoms with Crippen LogP contribution in [-0.4, -0.2) is 32.5 Å². The Bertz CT molecular complexity index is 485. The van der Waals surface area contributed by atoms with Crippen LogP contribution >= 0.6 is 15.9 Å². The molecule has 1 N–H and O–H groups in total. The Morgan fingerprint density at radius 3 is 2.86 bits per heavy atom. The van der Waals surface area contributed by atoms with E-state index in [4.69, 9.17) is 14.2 Å². The SMILES string of the molecule is COc1cc(CNC2CC2)cc(Br)c1OCC1CCCO1. The normalized spacial score (nSPS) is 21.5. The highest BCUT2D eigenvalue weighted by atomic mass is 79.9. The molecule has 1 aliphatic heterocycles. The van der Waals surface area contributed by atoms with Crippen molar-refractivity contribution >= 4 is 15.9 Å². The van der Waals surface area contributed by atoms with Gasteiger partial charge in [0.15, 0.2) is 11.5 Å². The Hall–Kier alpha value is -0.780. The summed E-state index contributed by atoms with van der Waals surface area (Å²) < 4.78 is 17.9. The van der Waals surface area contributed by atoms with Crippen molar-refractivity contribution in [2.75, 3.05) is 20.3 Å². The number of nitrogens with one attached hydrogen (secondary N) is 1. The van der Waals surface area contributed by atoms with Gasteiger partial charge in [-0.15, -0.1) is 0 Å². The summed E-state index contributed by atoms with van der Waals surface area (Å²) in [6.07, 6.45) is 4.99. The van der Waals surface area contributed by atoms with Crippen molar-refractivity contribution in [2.45, 2.75) is 44.4 Å². The molecule has 1 aromatic rings. The van der Waals surface area contributed by atoms with Gasteiger partial charge in [0.05, 0.1) is 17.7 Å². The highest BCUT2D eigenvalue weighted by molar-refractivity contribution is 9.10. The van der Waals surface area contributed by atoms with Gasteiger partial charge in [-0.2, -0.15) is 0 Å². The molecule has 1 heterocycles. The molecule has 1 atom stereocenters. The van der Waals surface area contributed by atoms with Crippen LogP contribution in [0.2, 0.25) is 0 Å². The molecule has 2 fully saturated rings. The van der Waals surface area contributed by atoms with E-state index in [0.29, 0.717) is 12.6 Å². The summed E-state index contributed by atoms with van der Waals surface area (Å²) in [5.41, 5.74) is 1.20. The first kappa shape index (κ1) is 15.1. The predicted molar refractivity (Wildman–Crippen MR) is 85.0 cm³/mol. The van der Waals surface area contributed by atoms with Crippen molar-refractivity contribution < 1.29 is 14.2 Å². The zero-order chi connectivity index (χ0) is 14.7. The van der Waals surface area contributed by atoms with E-state index in [9.17, 15) is 0 Å². The van der Waals surface area contributed by atoms with Crippen LogP contribution < -0.4 is 14.8 Å². The fraction of sp³-hybridized carbons (Fsp3) is 0.625. The van der Waals surface area contributed by atoms with Crippen LogP contribution in [0.15, 0.2) is 16.6 Å². The summed E-state index contributed by atoms with van der Waals surface area (Å²) in [5.74, 6) is 1.54. The predicted octanol–water partition coefficient (Wildman–Crippen LogP) is 3.27. The van der Waals surface area contributed by atoms with E-state index in [1.807, 2.05) is 6.07 Å². The third-order valence-corrected chi connectivity index (χ3v) is 4.49. The first-order valence-corrected chi connectivity index (χ1v) is 8.40. The highest BCUT2D eigenvalue weighted by Crippen LogP contribution is 2.37. The van der Waals surface area contributed by atoms with E-state index in [-0.39, 0.29) is 6.10 Å². The standard InChI is InChI=1S/C16H22BrNO3/c1-19-15-8-11(9-18-12-4-5-12)7-14(17)16(15)21-10-13-3-2-6-20-13/h7-8,12-13,18H,2-6,9-10H2,1H3. The quantitative estimate of drug-likeness (QED) is 0.814. The summed E-state index contributed by atoms with van der Waals surface area (Å²) in [7, 11) is 1.68. The van der Waals surface area contributed by atoms with Gasteiger partial charge in [0.2, 0.25) is 0 Å². The number of benzene rings is 1. The van der Waals surface area contributed by atoms with Crippen LogP contribution in [0.1, 0.15) is 31.2 Å². The second-order valence-electron chi connectivity index (χ2n) is 5.71. The Morgan fingerprint density at radius 1 is 1.33 bits per heavy atom. The highest BCUT2D eigenvalue weighted by Gasteiger charge is 2.21. The maximum atomic E-state index is 5.92. The summed E-state index contributed by atoms with van der Waals surface area (Å²) in [5, 5.41) is 3.51. The lowest BCUT2D eigenvalue weighted by Crippen LogP contribution is -2.17. The van der Waals surface area contributed by atoms with Gasteiger partial charge >= 0.3 is 0 Å². The van der Waals surface area contributed by atoms with E-state index in [1.54, 1.807) is 7.11 Å². The molecule has 0 aromatic heterocycles. The molecule has 1 saturated heterocycles. The summed E-state index contributed by atoms with van der Waals surface area (Å²) in [6, 6.07) is 4.85. The Balaban J connectivity index is 1.65. The second-order valence-corrected chi connectivity index (χ2v) is 6.56. The Labute approximate surface area is 134 Å². The smallest absolute Gasteiger partial charge is 0.175 e. The first-order valence-electron chi connectivity index (χ1n) is 7.60. The van der Waals surface area contributed by atoms with E-state index in [0.717, 1.165) is 42.0 Å². The Kier molecular flexibility index (Phi) is 5.03. The van der Waals surface area contributed by atoms with Crippen LogP contribution in [0, 0.1) is 0 Å². The van der Waals surface area contributed by atoms with Crippen molar-refractivity contribution in [3.05, 3.63) is 22.2 Å². The minimum Gasteiger partial charge on any atom is -0.493 e. The van der Waals surface area contributed by atoms with E-state index in [2.05, 4.69) is 27.3 Å². The molecule has 4 nitrogen and oxygen atoms in total. The summed E-state index contributed by atoms with van der Waals surface area (Å²) in [4.78, 5) is 0. The van der Waals surface area contributed by atoms with E-state index in [1.165, 1.54) is 18.4 Å². The summed E-state index contributed by atoms with van der Waals surface area (Å²) in [6.45, 7) is 2.29. The minimum absolute atomic E-state index is 0.206. The van der Waals surface area contributed by atoms with Gasteiger partial charge in [-0.25, -0.2) is 0 Å². The molecular formula is C16H22BrNO3. The molecule has 0 amide bonds. The lowest BCUT2D eigenvalue weighted by atomic mass is 10.2. The molecule has 3 rings (SSSR count). The number of hydrogen-bond donors (Lipinski definition) is 1. The molecule has 0 bridgehead atoms. The van der Waals surface area contributed by atoms with Crippen LogP contribution in [-0.2, 0) is 11.3 Å². The van der Waals surface area contributed by atoms with Gasteiger partial charge in [0, 0.05) is 19.2 Å². The van der Waals surface area contributed by atoms with Gasteiger partial charge in [-0.3, -0.25) is 0 Å². The second kappa shape index (κ2) is 6.99. The number of hydrogen-bond acceptors (Lipinski definition) is 4. The van der Waals surface area contributed by atoms with Crippen molar-refractivity contribution in [3.8, 4) is 11.5 Å². The average Bonchev–Trinajstić information content (AvgIpc) is 3.17. The fourth-order valence-corrected chi connectivity index (χ4v) is 3.12. The van der Waals surface area contributed by atoms with Crippen LogP contribution in [0.4, 0.5) is 0 Å². The molecule has 5 heteroatoms. The van der Waals surface area contributed by atoms with Gasteiger partial charge in [-0.1, -0.05) is 0 Å². The summed E-state index contributed by atoms with van der Waals surface area (Å²) >= 11 is 3.60. The van der Waals surface area contributed by atoms with Gasteiger partial charge in [0.1, 0.15) is 6.61 Å². The van der Waals surface area contributed by atoms with Crippen molar-refractivity contribution in [2.24, 2.45) is 0 Å². The maximum absolute atomic E-state index is 5.92. The van der Waals surface area contributed by atoms with Crippen LogP contribution in [0.25, 0.3) is 0 Å². The van der Waals surface area contributed by atoms with Crippen LogP contribution in [0.3, 0.4) is 0 Å². The van der Waals surface area contributed by atoms with Gasteiger partial charge < -0.3 is 19.5 Å². The minimum atomic E-state index is 0.206. The molecule has 116 valence electrons. The molecule has 0 radical (unpaired) electrons. The first-order chi connectivity index (χ1) is 10.3. The average molecular weight is 356 g/mol. The molecule has 1 aliphatic carbocycles. The van der Waals surface area contributed by atoms with E-state index < -0.39 is 0 Å². The topological polar surface area (TPSA) is 39.7 Å². The lowest BCUT2D eigenvalue weighted by molar-refractivity contribution is 0.0667. The van der Waals surface area contributed by atoms with Gasteiger partial charge in [0.25, 0.3) is 0 Å². The molecule has 1 saturated carbocycles. The molecular weight excluding hydrogens is 334 g/mol. The number of rotatable bonds is 7. The van der Waals surface area contributed by atoms with Crippen molar-refractivity contribution in [1.82, 2.24) is 5.32 Å². The third-order valence-electron chi connectivity index (χ3n) is 3.90. The monoisotopic (exact) mass is 355 g/mol. The zero-order valence-electron chi connectivity index (χ0n) is 12.4. The molecule has 1 unspecified atom stereocenters. The fourth-order valence-electron chi connectivity index (χ4n) is 2.52. The lowest BCUT2D eigenvalue weighted by Gasteiger charge is -2.17. The Morgan fingerprint density at radius 2 is 2.19 bits per heavy atom. The van der Waals surface area contributed by atoms with Crippen molar-refractivity contribution in [1.29, 1.82) is 0 Å². The largest absolute Gasteiger partial charge is 0.493 e. The molecule has 0 spiro atoms. The van der Waals surface area contributed by atoms with Gasteiger partial charge in [-0.05, 0) is 59.3 Å². The van der Waals surface area contributed by atoms with E-state index >= 15 is 0 Å². The van der Waals surface area contributed by atoms with Crippen molar-refractivity contribution in [3.63, 3.8) is 0 Å². The number of ether oxygens (including phenoxy) is 3. The zero-order valence-corrected chi connectivity index (χ0v) is 13.9. The maximum Gasteiger partial charge on any atom is 0.175 e. The number of methoxy groups -OCH3 is 1.